The second kappa shape index (κ2) is 5.23. The minimum Gasteiger partial charge on any atom is -0.394 e. The Labute approximate surface area is 131 Å². The van der Waals surface area contributed by atoms with Gasteiger partial charge in [-0.3, -0.25) is 0 Å². The summed E-state index contributed by atoms with van der Waals surface area (Å²) in [6.07, 6.45) is 0. The number of benzene rings is 4. The van der Waals surface area contributed by atoms with Crippen molar-refractivity contribution in [2.24, 2.45) is 0 Å². The van der Waals surface area contributed by atoms with Gasteiger partial charge in [-0.25, -0.2) is 0 Å². The van der Waals surface area contributed by atoms with Crippen LogP contribution in [0.5, 0.6) is 0 Å². The van der Waals surface area contributed by atoms with Crippen molar-refractivity contribution < 1.29 is 0 Å². The molecule has 0 saturated carbocycles. The molecule has 0 heterocycles. The quantitative estimate of drug-likeness (QED) is 0.482. The fourth-order valence-electron chi connectivity index (χ4n) is 2.92. The summed E-state index contributed by atoms with van der Waals surface area (Å²) in [7, 11) is 2.12. The normalized spacial score (nSPS) is 10.9. The summed E-state index contributed by atoms with van der Waals surface area (Å²) in [5.74, 6) is 0. The average molecular weight is 281 g/mol. The molecule has 4 aromatic rings. The second-order valence-corrected chi connectivity index (χ2v) is 5.62. The molecule has 2 heteroatoms. The predicted molar refractivity (Wildman–Crippen MR) is 98.6 cm³/mol. The molecule has 0 radical (unpaired) electrons. The number of nitrogens with zero attached hydrogens (tertiary/aromatic N) is 1. The van der Waals surface area contributed by atoms with Crippen LogP contribution >= 0.6 is 0 Å². The summed E-state index contributed by atoms with van der Waals surface area (Å²) in [5.41, 5.74) is 2.41. The van der Waals surface area contributed by atoms with Gasteiger partial charge < -0.3 is 4.81 Å². The first-order valence-corrected chi connectivity index (χ1v) is 7.53. The van der Waals surface area contributed by atoms with Crippen LogP contribution in [0.25, 0.3) is 21.5 Å². The summed E-state index contributed by atoms with van der Waals surface area (Å²) < 4.78 is 0. The molecule has 4 rings (SSSR count). The molecule has 0 aliphatic heterocycles. The lowest BCUT2D eigenvalue weighted by atomic mass is 10.1. The molecule has 0 aliphatic rings. The van der Waals surface area contributed by atoms with E-state index in [-0.39, 0.29) is 0 Å². The van der Waals surface area contributed by atoms with Gasteiger partial charge in [0, 0.05) is 11.4 Å². The number of hydrogen-bond acceptors (Lipinski definition) is 1. The number of anilines is 2. The lowest BCUT2D eigenvalue weighted by Crippen LogP contribution is -2.11. The topological polar surface area (TPSA) is 3.24 Å². The van der Waals surface area contributed by atoms with Crippen molar-refractivity contribution in [2.45, 2.75) is 0 Å². The van der Waals surface area contributed by atoms with E-state index in [0.717, 1.165) is 0 Å². The van der Waals surface area contributed by atoms with E-state index in [2.05, 4.69) is 97.7 Å². The minimum atomic E-state index is 1.20. The summed E-state index contributed by atoms with van der Waals surface area (Å²) in [5, 5.41) is 5.09. The lowest BCUT2D eigenvalue weighted by molar-refractivity contribution is 1.44. The van der Waals surface area contributed by atoms with Gasteiger partial charge in [-0.15, -0.1) is 0 Å². The fraction of sp³-hybridized carbons (Fsp3) is 0. The number of hydrogen-bond donors (Lipinski definition) is 0. The molecule has 0 spiro atoms. The smallest absolute Gasteiger partial charge is 0.223 e. The van der Waals surface area contributed by atoms with E-state index in [1.807, 2.05) is 0 Å². The van der Waals surface area contributed by atoms with Crippen LogP contribution in [0.15, 0.2) is 84.9 Å². The van der Waals surface area contributed by atoms with Crippen LogP contribution in [0.2, 0.25) is 0 Å². The summed E-state index contributed by atoms with van der Waals surface area (Å²) in [6, 6.07) is 30.1. The predicted octanol–water partition coefficient (Wildman–Crippen LogP) is 4.68. The fourth-order valence-corrected chi connectivity index (χ4v) is 2.92. The van der Waals surface area contributed by atoms with Crippen molar-refractivity contribution in [2.75, 3.05) is 4.81 Å². The zero-order valence-corrected chi connectivity index (χ0v) is 12.5. The van der Waals surface area contributed by atoms with Gasteiger partial charge in [-0.05, 0) is 45.8 Å². The molecule has 104 valence electrons. The molecule has 0 atom stereocenters. The Morgan fingerprint density at radius 2 is 0.909 bits per heavy atom. The first-order valence-electron chi connectivity index (χ1n) is 7.53. The molecular formula is C20H16BN. The molecule has 4 aromatic carbocycles. The Kier molecular flexibility index (Phi) is 3.08. The third-order valence-electron chi connectivity index (χ3n) is 4.24. The second-order valence-electron chi connectivity index (χ2n) is 5.62. The monoisotopic (exact) mass is 281 g/mol. The Hall–Kier alpha value is -2.74. The average Bonchev–Trinajstić information content (AvgIpc) is 2.60. The van der Waals surface area contributed by atoms with E-state index < -0.39 is 0 Å². The van der Waals surface area contributed by atoms with Gasteiger partial charge in [0.1, 0.15) is 0 Å². The van der Waals surface area contributed by atoms with Crippen molar-refractivity contribution >= 4 is 40.9 Å². The Morgan fingerprint density at radius 1 is 0.500 bits per heavy atom. The van der Waals surface area contributed by atoms with Crippen LogP contribution in [0.3, 0.4) is 0 Å². The highest BCUT2D eigenvalue weighted by Gasteiger charge is 2.05. The molecule has 1 nitrogen and oxygen atoms in total. The van der Waals surface area contributed by atoms with Crippen LogP contribution in [-0.4, -0.2) is 7.98 Å². The maximum Gasteiger partial charge on any atom is 0.223 e. The van der Waals surface area contributed by atoms with E-state index in [9.17, 15) is 0 Å². The highest BCUT2D eigenvalue weighted by Crippen LogP contribution is 2.29. The largest absolute Gasteiger partial charge is 0.394 e. The van der Waals surface area contributed by atoms with Crippen molar-refractivity contribution in [1.82, 2.24) is 0 Å². The summed E-state index contributed by atoms with van der Waals surface area (Å²) in [4.78, 5) is 2.24. The SMILES string of the molecule is BN(c1ccc2ccccc2c1)c1ccc2ccccc2c1. The van der Waals surface area contributed by atoms with Gasteiger partial charge in [0.15, 0.2) is 0 Å². The van der Waals surface area contributed by atoms with Crippen molar-refractivity contribution in [3.8, 4) is 0 Å². The molecule has 0 saturated heterocycles. The molecule has 0 fully saturated rings. The van der Waals surface area contributed by atoms with E-state index in [1.165, 1.54) is 32.9 Å². The van der Waals surface area contributed by atoms with Crippen molar-refractivity contribution in [3.63, 3.8) is 0 Å². The van der Waals surface area contributed by atoms with Gasteiger partial charge in [0.05, 0.1) is 0 Å². The third-order valence-corrected chi connectivity index (χ3v) is 4.24. The van der Waals surface area contributed by atoms with Crippen LogP contribution in [0, 0.1) is 0 Å². The number of fused-ring (bicyclic) bond motifs is 2. The summed E-state index contributed by atoms with van der Waals surface area (Å²) in [6.45, 7) is 0. The lowest BCUT2D eigenvalue weighted by Gasteiger charge is -2.21. The summed E-state index contributed by atoms with van der Waals surface area (Å²) >= 11 is 0. The van der Waals surface area contributed by atoms with Gasteiger partial charge in [-0.1, -0.05) is 60.7 Å². The molecule has 0 aromatic heterocycles. The molecule has 0 unspecified atom stereocenters. The van der Waals surface area contributed by atoms with Crippen LogP contribution < -0.4 is 4.81 Å². The van der Waals surface area contributed by atoms with Crippen molar-refractivity contribution in [3.05, 3.63) is 84.9 Å². The molecule has 22 heavy (non-hydrogen) atoms. The van der Waals surface area contributed by atoms with E-state index in [4.69, 9.17) is 0 Å². The zero-order chi connectivity index (χ0) is 14.9. The Bertz CT molecular complexity index is 882. The standard InChI is InChI=1S/C20H16BN/c21-22(19-11-9-15-5-1-3-7-17(15)13-19)20-12-10-16-6-2-4-8-18(16)14-20/h1-14H,21H2. The van der Waals surface area contributed by atoms with Crippen molar-refractivity contribution in [1.29, 1.82) is 0 Å². The molecular weight excluding hydrogens is 265 g/mol. The van der Waals surface area contributed by atoms with Crippen LogP contribution in [-0.2, 0) is 0 Å². The highest BCUT2D eigenvalue weighted by molar-refractivity contribution is 6.23. The maximum absolute atomic E-state index is 2.24. The molecule has 0 N–H and O–H groups in total. The van der Waals surface area contributed by atoms with E-state index in [1.54, 1.807) is 0 Å². The van der Waals surface area contributed by atoms with E-state index in [0.29, 0.717) is 0 Å². The molecule has 0 aliphatic carbocycles. The zero-order valence-electron chi connectivity index (χ0n) is 12.5. The van der Waals surface area contributed by atoms with Gasteiger partial charge in [0.25, 0.3) is 0 Å². The molecule has 0 bridgehead atoms. The maximum atomic E-state index is 2.24. The van der Waals surface area contributed by atoms with Crippen LogP contribution in [0.4, 0.5) is 11.4 Å². The van der Waals surface area contributed by atoms with Gasteiger partial charge in [0.2, 0.25) is 7.98 Å². The first-order chi connectivity index (χ1) is 10.8. The number of rotatable bonds is 2. The molecule has 0 amide bonds. The highest BCUT2D eigenvalue weighted by atomic mass is 15.0. The Balaban J connectivity index is 1.78. The van der Waals surface area contributed by atoms with Gasteiger partial charge >= 0.3 is 0 Å². The minimum absolute atomic E-state index is 1.20. The Morgan fingerprint density at radius 3 is 1.36 bits per heavy atom. The van der Waals surface area contributed by atoms with E-state index >= 15 is 0 Å². The van der Waals surface area contributed by atoms with Crippen LogP contribution in [0.1, 0.15) is 0 Å². The first kappa shape index (κ1) is 13.0. The third kappa shape index (κ3) is 2.23. The van der Waals surface area contributed by atoms with Gasteiger partial charge in [-0.2, -0.15) is 0 Å².